The van der Waals surface area contributed by atoms with Crippen LogP contribution in [0.2, 0.25) is 5.02 Å². The summed E-state index contributed by atoms with van der Waals surface area (Å²) < 4.78 is 6.34. The average Bonchev–Trinajstić information content (AvgIpc) is 2.95. The molecule has 2 N–H and O–H groups in total. The van der Waals surface area contributed by atoms with Gasteiger partial charge in [-0.1, -0.05) is 53.1 Å². The van der Waals surface area contributed by atoms with Crippen molar-refractivity contribution in [3.63, 3.8) is 0 Å². The van der Waals surface area contributed by atoms with E-state index in [1.807, 2.05) is 0 Å². The lowest BCUT2D eigenvalue weighted by atomic mass is 9.49. The van der Waals surface area contributed by atoms with Crippen molar-refractivity contribution in [2.45, 2.75) is 78.7 Å². The van der Waals surface area contributed by atoms with Gasteiger partial charge in [-0.3, -0.25) is 9.69 Å². The maximum Gasteiger partial charge on any atom is 0.254 e. The second-order valence-electron chi connectivity index (χ2n) is 13.7. The van der Waals surface area contributed by atoms with Crippen LogP contribution in [0.25, 0.3) is 0 Å². The van der Waals surface area contributed by atoms with Crippen LogP contribution in [0.5, 0.6) is 5.75 Å². The zero-order chi connectivity index (χ0) is 30.4. The predicted molar refractivity (Wildman–Crippen MR) is 163 cm³/mol. The Balaban J connectivity index is 1.20. The first-order valence-electron chi connectivity index (χ1n) is 15.0. The van der Waals surface area contributed by atoms with Gasteiger partial charge in [0.15, 0.2) is 0 Å². The Hall–Kier alpha value is -2.93. The molecule has 5 rings (SSSR count). The Kier molecular flexibility index (Phi) is 8.45. The SMILES string of the molecule is C[C@@H]1CN(c2ncc(C(=O)NC3C(C)(C)C(Oc4ccc(C#N)c(Cl)c4)C3(C)C)cn2)C[C@H](C)C1N1CCC(O)CC1. The summed E-state index contributed by atoms with van der Waals surface area (Å²) in [5.41, 5.74) is 0.116. The first-order chi connectivity index (χ1) is 19.8. The number of nitrogens with zero attached hydrogens (tertiary/aromatic N) is 5. The fourth-order valence-electron chi connectivity index (χ4n) is 8.03. The highest BCUT2D eigenvalue weighted by molar-refractivity contribution is 6.31. The van der Waals surface area contributed by atoms with E-state index >= 15 is 0 Å². The fraction of sp³-hybridized carbons (Fsp3) is 0.625. The average molecular weight is 595 g/mol. The van der Waals surface area contributed by atoms with Crippen LogP contribution in [0.3, 0.4) is 0 Å². The standard InChI is InChI=1S/C32H43ClN6O3/c1-19-17-39(18-20(2)26(19)38-11-9-23(40)10-12-38)30-35-15-22(16-36-30)27(41)37-28-31(3,4)29(32(28,5)6)42-24-8-7-21(14-34)25(33)13-24/h7-8,13,15-16,19-20,23,26,28-29,40H,9-12,17-18H2,1-6H3,(H,37,41)/t19-,20+,26?,28?,29?. The number of likely N-dealkylation sites (tertiary alicyclic amines) is 1. The van der Waals surface area contributed by atoms with Crippen LogP contribution >= 0.6 is 11.6 Å². The number of carbonyl (C=O) groups excluding carboxylic acids is 1. The van der Waals surface area contributed by atoms with E-state index in [4.69, 9.17) is 21.6 Å². The van der Waals surface area contributed by atoms with Gasteiger partial charge < -0.3 is 20.1 Å². The minimum absolute atomic E-state index is 0.146. The fourth-order valence-corrected chi connectivity index (χ4v) is 8.24. The number of benzene rings is 1. The molecule has 1 aromatic heterocycles. The Morgan fingerprint density at radius 2 is 1.69 bits per heavy atom. The van der Waals surface area contributed by atoms with Gasteiger partial charge in [-0.15, -0.1) is 0 Å². The Morgan fingerprint density at radius 3 is 2.24 bits per heavy atom. The number of nitrogens with one attached hydrogen (secondary N) is 1. The summed E-state index contributed by atoms with van der Waals surface area (Å²) in [6.07, 6.45) is 4.59. The molecule has 1 saturated carbocycles. The van der Waals surface area contributed by atoms with Gasteiger partial charge in [0.2, 0.25) is 5.95 Å². The largest absolute Gasteiger partial charge is 0.489 e. The number of nitriles is 1. The zero-order valence-electron chi connectivity index (χ0n) is 25.5. The molecule has 0 radical (unpaired) electrons. The van der Waals surface area contributed by atoms with E-state index in [0.29, 0.717) is 45.7 Å². The summed E-state index contributed by atoms with van der Waals surface area (Å²) in [7, 11) is 0. The zero-order valence-corrected chi connectivity index (χ0v) is 26.2. The first kappa shape index (κ1) is 30.5. The molecule has 2 aliphatic heterocycles. The monoisotopic (exact) mass is 594 g/mol. The third-order valence-electron chi connectivity index (χ3n) is 9.72. The Labute approximate surface area is 254 Å². The molecule has 1 aliphatic carbocycles. The Morgan fingerprint density at radius 1 is 1.10 bits per heavy atom. The van der Waals surface area contributed by atoms with E-state index in [1.54, 1.807) is 30.6 Å². The summed E-state index contributed by atoms with van der Waals surface area (Å²) in [6, 6.07) is 7.48. The van der Waals surface area contributed by atoms with Crippen molar-refractivity contribution < 1.29 is 14.6 Å². The number of halogens is 1. The van der Waals surface area contributed by atoms with Crippen LogP contribution in [0.1, 0.15) is 70.3 Å². The number of ether oxygens (including phenoxy) is 1. The second kappa shape index (κ2) is 11.6. The molecule has 226 valence electrons. The highest BCUT2D eigenvalue weighted by Crippen LogP contribution is 2.55. The number of anilines is 1. The van der Waals surface area contributed by atoms with E-state index in [1.165, 1.54) is 0 Å². The molecule has 3 atom stereocenters. The lowest BCUT2D eigenvalue weighted by molar-refractivity contribution is -0.164. The van der Waals surface area contributed by atoms with Crippen molar-refractivity contribution >= 4 is 23.5 Å². The van der Waals surface area contributed by atoms with Crippen LogP contribution in [-0.4, -0.2) is 76.4 Å². The van der Waals surface area contributed by atoms with Gasteiger partial charge in [-0.2, -0.15) is 5.26 Å². The summed E-state index contributed by atoms with van der Waals surface area (Å²) >= 11 is 6.22. The van der Waals surface area contributed by atoms with Crippen LogP contribution in [0.15, 0.2) is 30.6 Å². The van der Waals surface area contributed by atoms with E-state index in [0.717, 1.165) is 39.0 Å². The minimum Gasteiger partial charge on any atom is -0.489 e. The van der Waals surface area contributed by atoms with E-state index in [-0.39, 0.29) is 35.0 Å². The van der Waals surface area contributed by atoms with Crippen molar-refractivity contribution in [1.82, 2.24) is 20.2 Å². The molecule has 2 saturated heterocycles. The number of aromatic nitrogens is 2. The van der Waals surface area contributed by atoms with Crippen molar-refractivity contribution in [2.24, 2.45) is 22.7 Å². The number of hydrogen-bond acceptors (Lipinski definition) is 8. The molecular formula is C32H43ClN6O3. The van der Waals surface area contributed by atoms with Crippen molar-refractivity contribution in [3.8, 4) is 11.8 Å². The molecular weight excluding hydrogens is 552 g/mol. The quantitative estimate of drug-likeness (QED) is 0.501. The number of aliphatic hydroxyl groups excluding tert-OH is 1. The molecule has 3 aliphatic rings. The minimum atomic E-state index is -0.358. The lowest BCUT2D eigenvalue weighted by Crippen LogP contribution is -2.74. The summed E-state index contributed by atoms with van der Waals surface area (Å²) in [6.45, 7) is 16.5. The highest BCUT2D eigenvalue weighted by Gasteiger charge is 2.64. The third-order valence-corrected chi connectivity index (χ3v) is 10.0. The molecule has 2 aromatic rings. The van der Waals surface area contributed by atoms with Crippen molar-refractivity contribution in [2.75, 3.05) is 31.1 Å². The molecule has 0 spiro atoms. The second-order valence-corrected chi connectivity index (χ2v) is 14.1. The van der Waals surface area contributed by atoms with Crippen molar-refractivity contribution in [3.05, 3.63) is 46.7 Å². The van der Waals surface area contributed by atoms with E-state index in [9.17, 15) is 9.90 Å². The lowest BCUT2D eigenvalue weighted by Gasteiger charge is -2.63. The van der Waals surface area contributed by atoms with Crippen LogP contribution in [0, 0.1) is 34.0 Å². The Bertz CT molecular complexity index is 1310. The summed E-state index contributed by atoms with van der Waals surface area (Å²) in [4.78, 5) is 27.3. The van der Waals surface area contributed by atoms with Gasteiger partial charge in [0.25, 0.3) is 5.91 Å². The maximum atomic E-state index is 13.3. The van der Waals surface area contributed by atoms with Gasteiger partial charge in [-0.25, -0.2) is 9.97 Å². The van der Waals surface area contributed by atoms with Crippen LogP contribution < -0.4 is 15.0 Å². The number of hydrogen-bond donors (Lipinski definition) is 2. The van der Waals surface area contributed by atoms with Crippen LogP contribution in [-0.2, 0) is 0 Å². The van der Waals surface area contributed by atoms with Gasteiger partial charge in [0, 0.05) is 67.6 Å². The maximum absolute atomic E-state index is 13.3. The molecule has 42 heavy (non-hydrogen) atoms. The van der Waals surface area contributed by atoms with Gasteiger partial charge in [0.1, 0.15) is 17.9 Å². The predicted octanol–water partition coefficient (Wildman–Crippen LogP) is 4.53. The van der Waals surface area contributed by atoms with Gasteiger partial charge in [0.05, 0.1) is 22.3 Å². The normalized spacial score (nSPS) is 29.3. The molecule has 1 unspecified atom stereocenters. The molecule has 0 bridgehead atoms. The molecule has 1 aromatic carbocycles. The highest BCUT2D eigenvalue weighted by atomic mass is 35.5. The van der Waals surface area contributed by atoms with Crippen molar-refractivity contribution in [1.29, 1.82) is 5.26 Å². The van der Waals surface area contributed by atoms with Gasteiger partial charge >= 0.3 is 0 Å². The molecule has 10 heteroatoms. The number of rotatable bonds is 6. The molecule has 9 nitrogen and oxygen atoms in total. The number of aliphatic hydroxyl groups is 1. The number of amides is 1. The third kappa shape index (κ3) is 5.69. The topological polar surface area (TPSA) is 115 Å². The summed E-state index contributed by atoms with van der Waals surface area (Å²) in [5, 5.41) is 22.6. The first-order valence-corrected chi connectivity index (χ1v) is 15.4. The molecule has 1 amide bonds. The van der Waals surface area contributed by atoms with E-state index in [2.05, 4.69) is 72.7 Å². The number of piperidine rings is 2. The molecule has 3 fully saturated rings. The van der Waals surface area contributed by atoms with E-state index < -0.39 is 0 Å². The number of carbonyl (C=O) groups is 1. The van der Waals surface area contributed by atoms with Gasteiger partial charge in [-0.05, 0) is 36.8 Å². The summed E-state index contributed by atoms with van der Waals surface area (Å²) in [5.74, 6) is 1.92. The van der Waals surface area contributed by atoms with Crippen LogP contribution in [0.4, 0.5) is 5.95 Å². The smallest absolute Gasteiger partial charge is 0.254 e. The molecule has 3 heterocycles.